The zero-order chi connectivity index (χ0) is 30.5. The predicted octanol–water partition coefficient (Wildman–Crippen LogP) is 4.81. The van der Waals surface area contributed by atoms with Gasteiger partial charge in [0.25, 0.3) is 0 Å². The van der Waals surface area contributed by atoms with Gasteiger partial charge in [-0.3, -0.25) is 14.5 Å². The van der Waals surface area contributed by atoms with Crippen molar-refractivity contribution in [3.8, 4) is 11.5 Å². The van der Waals surface area contributed by atoms with Crippen LogP contribution in [0.15, 0.2) is 60.7 Å². The summed E-state index contributed by atoms with van der Waals surface area (Å²) in [7, 11) is 3.17. The molecule has 2 amide bonds. The lowest BCUT2D eigenvalue weighted by molar-refractivity contribution is -0.161. The van der Waals surface area contributed by atoms with E-state index in [0.717, 1.165) is 27.7 Å². The van der Waals surface area contributed by atoms with E-state index in [4.69, 9.17) is 9.47 Å². The molecule has 3 aliphatic rings. The first-order valence-electron chi connectivity index (χ1n) is 15.0. The van der Waals surface area contributed by atoms with Gasteiger partial charge < -0.3 is 24.3 Å². The van der Waals surface area contributed by atoms with Crippen LogP contribution >= 0.6 is 0 Å². The molecule has 3 aromatic carbocycles. The number of nitrogens with one attached hydrogen (secondary N) is 1. The third-order valence-electron chi connectivity index (χ3n) is 9.47. The Morgan fingerprint density at radius 2 is 1.68 bits per heavy atom. The Balaban J connectivity index is 1.19. The Morgan fingerprint density at radius 3 is 2.41 bits per heavy atom. The van der Waals surface area contributed by atoms with Crippen LogP contribution in [0.4, 0.5) is 8.78 Å². The molecule has 2 atom stereocenters. The van der Waals surface area contributed by atoms with E-state index in [0.29, 0.717) is 43.9 Å². The number of piperidine rings is 1. The molecule has 3 aliphatic heterocycles. The van der Waals surface area contributed by atoms with E-state index in [1.807, 2.05) is 41.3 Å². The van der Waals surface area contributed by atoms with Crippen molar-refractivity contribution in [1.29, 1.82) is 0 Å². The van der Waals surface area contributed by atoms with Gasteiger partial charge >= 0.3 is 0 Å². The largest absolute Gasteiger partial charge is 0.497 e. The van der Waals surface area contributed by atoms with Crippen molar-refractivity contribution in [3.63, 3.8) is 0 Å². The third kappa shape index (κ3) is 4.68. The SMILES string of the molecule is COc1ccc([C@H]2c3[nH]c4ccccc4c3C[C@H]3C(=O)N(C4CCN(Cc5c(F)cccc5F)CC4)CC(=O)N23)c(OC)c1. The number of carbonyl (C=O) groups is 2. The summed E-state index contributed by atoms with van der Waals surface area (Å²) in [5, 5.41) is 1.03. The smallest absolute Gasteiger partial charge is 0.246 e. The maximum Gasteiger partial charge on any atom is 0.246 e. The minimum atomic E-state index is -0.676. The molecule has 1 N–H and O–H groups in total. The van der Waals surface area contributed by atoms with Gasteiger partial charge in [-0.1, -0.05) is 24.3 Å². The Hall–Kier alpha value is -4.44. The number of rotatable bonds is 6. The second-order valence-electron chi connectivity index (χ2n) is 11.8. The highest BCUT2D eigenvalue weighted by molar-refractivity contribution is 5.98. The zero-order valence-corrected chi connectivity index (χ0v) is 24.7. The summed E-state index contributed by atoms with van der Waals surface area (Å²) < 4.78 is 39.7. The summed E-state index contributed by atoms with van der Waals surface area (Å²) in [5.41, 5.74) is 3.69. The molecule has 1 aromatic heterocycles. The molecule has 10 heteroatoms. The van der Waals surface area contributed by atoms with Crippen molar-refractivity contribution in [2.24, 2.45) is 0 Å². The van der Waals surface area contributed by atoms with E-state index < -0.39 is 23.7 Å². The number of H-pyrrole nitrogens is 1. The molecule has 2 saturated heterocycles. The Labute approximate surface area is 254 Å². The summed E-state index contributed by atoms with van der Waals surface area (Å²) in [6, 6.07) is 16.1. The lowest BCUT2D eigenvalue weighted by Crippen LogP contribution is -2.65. The topological polar surface area (TPSA) is 78.1 Å². The molecule has 2 fully saturated rings. The minimum absolute atomic E-state index is 0.0214. The van der Waals surface area contributed by atoms with Crippen molar-refractivity contribution < 1.29 is 27.8 Å². The van der Waals surface area contributed by atoms with E-state index >= 15 is 0 Å². The fourth-order valence-corrected chi connectivity index (χ4v) is 7.26. The number of aromatic nitrogens is 1. The summed E-state index contributed by atoms with van der Waals surface area (Å²) in [5.74, 6) is -0.108. The zero-order valence-electron chi connectivity index (χ0n) is 24.7. The minimum Gasteiger partial charge on any atom is -0.497 e. The van der Waals surface area contributed by atoms with Gasteiger partial charge in [0.2, 0.25) is 11.8 Å². The van der Waals surface area contributed by atoms with Gasteiger partial charge in [-0.15, -0.1) is 0 Å². The molecule has 0 radical (unpaired) electrons. The Morgan fingerprint density at radius 1 is 0.932 bits per heavy atom. The molecule has 228 valence electrons. The quantitative estimate of drug-likeness (QED) is 0.344. The molecule has 8 nitrogen and oxygen atoms in total. The van der Waals surface area contributed by atoms with Crippen LogP contribution in [0.1, 0.15) is 41.3 Å². The summed E-state index contributed by atoms with van der Waals surface area (Å²) in [6.07, 6.45) is 1.65. The highest BCUT2D eigenvalue weighted by Gasteiger charge is 2.50. The van der Waals surface area contributed by atoms with E-state index in [9.17, 15) is 18.4 Å². The third-order valence-corrected chi connectivity index (χ3v) is 9.47. The highest BCUT2D eigenvalue weighted by atomic mass is 19.1. The molecule has 0 unspecified atom stereocenters. The first kappa shape index (κ1) is 28.3. The fraction of sp³-hybridized carbons (Fsp3) is 0.353. The molecule has 7 rings (SSSR count). The Kier molecular flexibility index (Phi) is 7.24. The maximum absolute atomic E-state index is 14.3. The predicted molar refractivity (Wildman–Crippen MR) is 160 cm³/mol. The number of nitrogens with zero attached hydrogens (tertiary/aromatic N) is 3. The number of likely N-dealkylation sites (tertiary alicyclic amines) is 1. The number of carbonyl (C=O) groups excluding carboxylic acids is 2. The highest BCUT2D eigenvalue weighted by Crippen LogP contribution is 2.46. The number of benzene rings is 3. The molecule has 0 aliphatic carbocycles. The van der Waals surface area contributed by atoms with Gasteiger partial charge in [0.1, 0.15) is 41.8 Å². The van der Waals surface area contributed by atoms with Crippen LogP contribution in [0.25, 0.3) is 10.9 Å². The van der Waals surface area contributed by atoms with Crippen LogP contribution in [-0.2, 0) is 22.6 Å². The van der Waals surface area contributed by atoms with Crippen LogP contribution in [0.2, 0.25) is 0 Å². The van der Waals surface area contributed by atoms with Crippen molar-refractivity contribution in [2.75, 3.05) is 33.9 Å². The lowest BCUT2D eigenvalue weighted by Gasteiger charge is -2.49. The normalized spacial score (nSPS) is 21.0. The second kappa shape index (κ2) is 11.2. The number of aromatic amines is 1. The number of fused-ring (bicyclic) bond motifs is 4. The second-order valence-corrected chi connectivity index (χ2v) is 11.8. The molecule has 4 heterocycles. The lowest BCUT2D eigenvalue weighted by atomic mass is 9.85. The maximum atomic E-state index is 14.3. The first-order chi connectivity index (χ1) is 21.4. The van der Waals surface area contributed by atoms with Crippen LogP contribution in [0, 0.1) is 11.6 Å². The van der Waals surface area contributed by atoms with Gasteiger partial charge in [0.05, 0.1) is 14.2 Å². The van der Waals surface area contributed by atoms with E-state index in [1.54, 1.807) is 30.1 Å². The molecule has 44 heavy (non-hydrogen) atoms. The molecule has 0 spiro atoms. The van der Waals surface area contributed by atoms with Crippen molar-refractivity contribution in [1.82, 2.24) is 19.7 Å². The Bertz CT molecular complexity index is 1730. The number of para-hydroxylation sites is 1. The van der Waals surface area contributed by atoms with Gasteiger partial charge in [-0.25, -0.2) is 8.78 Å². The van der Waals surface area contributed by atoms with Gasteiger partial charge in [-0.05, 0) is 48.7 Å². The van der Waals surface area contributed by atoms with E-state index in [1.165, 1.54) is 18.2 Å². The summed E-state index contributed by atoms with van der Waals surface area (Å²) >= 11 is 0. The standard InChI is InChI=1S/C34H34F2N4O4/c1-43-21-10-11-23(30(16-21)44-2)33-32-24(22-6-3-4-9-28(22)37-32)17-29-34(42)39(19-31(41)40(29)33)20-12-14-38(15-13-20)18-25-26(35)7-5-8-27(25)36/h3-11,16,20,29,33,37H,12-15,17-19H2,1-2H3/t29-,33-/m0/s1. The first-order valence-corrected chi connectivity index (χ1v) is 15.0. The monoisotopic (exact) mass is 600 g/mol. The van der Waals surface area contributed by atoms with E-state index in [-0.39, 0.29) is 36.5 Å². The number of halogens is 2. The average molecular weight is 601 g/mol. The number of hydrogen-bond donors (Lipinski definition) is 1. The van der Waals surface area contributed by atoms with Gasteiger partial charge in [0.15, 0.2) is 0 Å². The van der Waals surface area contributed by atoms with Gasteiger partial charge in [0, 0.05) is 65.9 Å². The summed E-state index contributed by atoms with van der Waals surface area (Å²) in [6.45, 7) is 1.29. The van der Waals surface area contributed by atoms with Crippen LogP contribution in [0.3, 0.4) is 0 Å². The molecular formula is C34H34F2N4O4. The van der Waals surface area contributed by atoms with E-state index in [2.05, 4.69) is 4.98 Å². The molecule has 0 saturated carbocycles. The number of ether oxygens (including phenoxy) is 2. The summed E-state index contributed by atoms with van der Waals surface area (Å²) in [4.78, 5) is 37.5. The van der Waals surface area contributed by atoms with Crippen molar-refractivity contribution in [3.05, 3.63) is 94.7 Å². The van der Waals surface area contributed by atoms with Crippen molar-refractivity contribution in [2.45, 2.75) is 43.9 Å². The number of methoxy groups -OCH3 is 2. The van der Waals surface area contributed by atoms with Crippen LogP contribution in [-0.4, -0.2) is 77.4 Å². The van der Waals surface area contributed by atoms with Crippen LogP contribution < -0.4 is 9.47 Å². The molecule has 0 bridgehead atoms. The average Bonchev–Trinajstić information content (AvgIpc) is 3.42. The molecule has 4 aromatic rings. The number of hydrogen-bond acceptors (Lipinski definition) is 5. The van der Waals surface area contributed by atoms with Crippen LogP contribution in [0.5, 0.6) is 11.5 Å². The van der Waals surface area contributed by atoms with Gasteiger partial charge in [-0.2, -0.15) is 0 Å². The molecular weight excluding hydrogens is 566 g/mol. The number of piperazine rings is 1. The van der Waals surface area contributed by atoms with Crippen molar-refractivity contribution >= 4 is 22.7 Å². The fourth-order valence-electron chi connectivity index (χ4n) is 7.26. The number of amides is 2.